The minimum absolute atomic E-state index is 0.347. The van der Waals surface area contributed by atoms with Crippen molar-refractivity contribution in [1.82, 2.24) is 19.6 Å². The molecule has 184 valence electrons. The first-order valence-electron chi connectivity index (χ1n) is 12.9. The lowest BCUT2D eigenvalue weighted by Gasteiger charge is -2.18. The maximum Gasteiger partial charge on any atom is 0.113 e. The molecule has 0 fully saturated rings. The maximum absolute atomic E-state index is 11.5. The summed E-state index contributed by atoms with van der Waals surface area (Å²) >= 11 is 0. The van der Waals surface area contributed by atoms with Gasteiger partial charge in [-0.1, -0.05) is 114 Å². The Balaban J connectivity index is 1.46. The number of hydrogen-bond acceptors (Lipinski definition) is 3. The van der Waals surface area contributed by atoms with E-state index in [1.807, 2.05) is 36.4 Å². The minimum Gasteiger partial charge on any atom is -0.389 e. The van der Waals surface area contributed by atoms with Crippen LogP contribution in [0.1, 0.15) is 0 Å². The molecule has 5 aromatic carbocycles. The Morgan fingerprint density at radius 2 is 1.32 bits per heavy atom. The monoisotopic (exact) mass is 494 g/mol. The predicted molar refractivity (Wildman–Crippen MR) is 154 cm³/mol. The largest absolute Gasteiger partial charge is 0.389 e. The molecule has 0 radical (unpaired) electrons. The molecule has 5 heteroatoms. The number of aromatic nitrogens is 4. The molecule has 0 saturated heterocycles. The highest BCUT2D eigenvalue weighted by Gasteiger charge is 2.23. The smallest absolute Gasteiger partial charge is 0.113 e. The van der Waals surface area contributed by atoms with Gasteiger partial charge in [0.2, 0.25) is 0 Å². The van der Waals surface area contributed by atoms with Crippen molar-refractivity contribution in [2.24, 2.45) is 0 Å². The van der Waals surface area contributed by atoms with E-state index in [9.17, 15) is 5.11 Å². The van der Waals surface area contributed by atoms with Crippen molar-refractivity contribution in [1.29, 1.82) is 0 Å². The van der Waals surface area contributed by atoms with Gasteiger partial charge in [0.15, 0.2) is 0 Å². The lowest BCUT2D eigenvalue weighted by molar-refractivity contribution is 0.133. The summed E-state index contributed by atoms with van der Waals surface area (Å²) in [4.78, 5) is 0. The first-order valence-corrected chi connectivity index (χ1v) is 12.9. The summed E-state index contributed by atoms with van der Waals surface area (Å²) in [7, 11) is 0. The van der Waals surface area contributed by atoms with Crippen LogP contribution in [0.15, 0.2) is 121 Å². The van der Waals surface area contributed by atoms with Crippen LogP contribution in [0.3, 0.4) is 0 Å². The van der Waals surface area contributed by atoms with E-state index in [2.05, 4.69) is 99.8 Å². The fraction of sp³-hybridized carbons (Fsp3) is 0.0909. The zero-order chi connectivity index (χ0) is 25.5. The first kappa shape index (κ1) is 22.5. The van der Waals surface area contributed by atoms with Gasteiger partial charge >= 0.3 is 0 Å². The third-order valence-electron chi connectivity index (χ3n) is 7.25. The fourth-order valence-electron chi connectivity index (χ4n) is 5.62. The number of hydrogen-bond donors (Lipinski definition) is 1. The number of aliphatic hydroxyl groups is 1. The van der Waals surface area contributed by atoms with Crippen molar-refractivity contribution < 1.29 is 5.11 Å². The van der Waals surface area contributed by atoms with E-state index in [1.165, 1.54) is 21.7 Å². The number of rotatable bonds is 6. The van der Waals surface area contributed by atoms with E-state index in [0.717, 1.165) is 33.4 Å². The highest BCUT2D eigenvalue weighted by Crippen LogP contribution is 2.43. The van der Waals surface area contributed by atoms with Crippen LogP contribution in [0.4, 0.5) is 0 Å². The third kappa shape index (κ3) is 3.76. The Morgan fingerprint density at radius 3 is 2.13 bits per heavy atom. The number of benzene rings is 5. The number of para-hydroxylation sites is 1. The molecule has 0 amide bonds. The predicted octanol–water partition coefficient (Wildman–Crippen LogP) is 6.93. The highest BCUT2D eigenvalue weighted by atomic mass is 16.3. The summed E-state index contributed by atoms with van der Waals surface area (Å²) in [5, 5.41) is 23.6. The Bertz CT molecular complexity index is 1890. The van der Waals surface area contributed by atoms with Crippen molar-refractivity contribution in [3.05, 3.63) is 121 Å². The van der Waals surface area contributed by atoms with Crippen molar-refractivity contribution in [2.45, 2.75) is 19.2 Å². The summed E-state index contributed by atoms with van der Waals surface area (Å²) < 4.78 is 4.10. The maximum atomic E-state index is 11.5. The van der Waals surface area contributed by atoms with Crippen LogP contribution in [0.2, 0.25) is 0 Å². The van der Waals surface area contributed by atoms with E-state index < -0.39 is 6.10 Å². The van der Waals surface area contributed by atoms with Crippen LogP contribution in [0.5, 0.6) is 0 Å². The molecule has 7 aromatic rings. The van der Waals surface area contributed by atoms with E-state index in [4.69, 9.17) is 0 Å². The van der Waals surface area contributed by atoms with Crippen LogP contribution < -0.4 is 0 Å². The molecule has 0 saturated carbocycles. The highest BCUT2D eigenvalue weighted by molar-refractivity contribution is 6.15. The van der Waals surface area contributed by atoms with Crippen LogP contribution in [-0.2, 0) is 13.1 Å². The Morgan fingerprint density at radius 1 is 0.632 bits per heavy atom. The molecule has 0 aliphatic heterocycles. The van der Waals surface area contributed by atoms with Gasteiger partial charge in [-0.15, -0.1) is 5.10 Å². The van der Waals surface area contributed by atoms with Gasteiger partial charge in [-0.2, -0.15) is 0 Å². The van der Waals surface area contributed by atoms with Crippen molar-refractivity contribution >= 4 is 32.7 Å². The Labute approximate surface area is 220 Å². The fourth-order valence-corrected chi connectivity index (χ4v) is 5.62. The summed E-state index contributed by atoms with van der Waals surface area (Å²) in [6, 6.07) is 41.8. The molecular formula is C33H26N4O. The summed E-state index contributed by atoms with van der Waals surface area (Å²) in [6.45, 7) is 0.760. The quantitative estimate of drug-likeness (QED) is 0.273. The number of aliphatic hydroxyl groups excluding tert-OH is 1. The molecule has 0 aliphatic carbocycles. The zero-order valence-electron chi connectivity index (χ0n) is 20.8. The molecule has 7 rings (SSSR count). The second kappa shape index (κ2) is 9.29. The SMILES string of the molecule is OC(Cn1nnc2ccccc21)Cn1c(-c2ccccc2)c(-c2ccccc2)c2ccc3ccccc3c21. The molecular weight excluding hydrogens is 468 g/mol. The van der Waals surface area contributed by atoms with Gasteiger partial charge < -0.3 is 9.67 Å². The average molecular weight is 495 g/mol. The second-order valence-corrected chi connectivity index (χ2v) is 9.66. The minimum atomic E-state index is -0.680. The van der Waals surface area contributed by atoms with E-state index in [-0.39, 0.29) is 0 Å². The van der Waals surface area contributed by atoms with Crippen LogP contribution in [0, 0.1) is 0 Å². The van der Waals surface area contributed by atoms with Gasteiger partial charge in [0.05, 0.1) is 35.9 Å². The lowest BCUT2D eigenvalue weighted by Crippen LogP contribution is -2.23. The van der Waals surface area contributed by atoms with Crippen LogP contribution >= 0.6 is 0 Å². The molecule has 38 heavy (non-hydrogen) atoms. The third-order valence-corrected chi connectivity index (χ3v) is 7.25. The molecule has 1 N–H and O–H groups in total. The second-order valence-electron chi connectivity index (χ2n) is 9.66. The summed E-state index contributed by atoms with van der Waals surface area (Å²) in [5.41, 5.74) is 7.42. The Hall–Kier alpha value is -4.74. The summed E-state index contributed by atoms with van der Waals surface area (Å²) in [5.74, 6) is 0. The van der Waals surface area contributed by atoms with Crippen molar-refractivity contribution in [2.75, 3.05) is 0 Å². The topological polar surface area (TPSA) is 55.9 Å². The normalized spacial score (nSPS) is 12.4. The molecule has 2 heterocycles. The van der Waals surface area contributed by atoms with E-state index in [0.29, 0.717) is 13.1 Å². The van der Waals surface area contributed by atoms with Crippen molar-refractivity contribution in [3.8, 4) is 22.4 Å². The van der Waals surface area contributed by atoms with Crippen LogP contribution in [-0.4, -0.2) is 30.8 Å². The van der Waals surface area contributed by atoms with Gasteiger partial charge in [-0.3, -0.25) is 0 Å². The number of nitrogens with zero attached hydrogens (tertiary/aromatic N) is 4. The zero-order valence-corrected chi connectivity index (χ0v) is 20.8. The number of fused-ring (bicyclic) bond motifs is 4. The van der Waals surface area contributed by atoms with Gasteiger partial charge in [0.1, 0.15) is 5.52 Å². The molecule has 0 aliphatic rings. The standard InChI is InChI=1S/C33H26N4O/c38-26(22-37-30-18-10-9-17-29(30)34-35-37)21-36-32(25-14-5-2-6-15-25)31(24-12-3-1-4-13-24)28-20-19-23-11-7-8-16-27(23)33(28)36/h1-20,26,38H,21-22H2. The molecule has 1 atom stereocenters. The molecule has 0 spiro atoms. The first-order chi connectivity index (χ1) is 18.8. The average Bonchev–Trinajstić information content (AvgIpc) is 3.53. The van der Waals surface area contributed by atoms with E-state index in [1.54, 1.807) is 4.68 Å². The molecule has 1 unspecified atom stereocenters. The van der Waals surface area contributed by atoms with E-state index >= 15 is 0 Å². The van der Waals surface area contributed by atoms with Gasteiger partial charge in [0.25, 0.3) is 0 Å². The molecule has 0 bridgehead atoms. The lowest BCUT2D eigenvalue weighted by atomic mass is 9.97. The molecule has 2 aromatic heterocycles. The molecule has 5 nitrogen and oxygen atoms in total. The summed E-state index contributed by atoms with van der Waals surface area (Å²) in [6.07, 6.45) is -0.680. The Kier molecular flexibility index (Phi) is 5.49. The van der Waals surface area contributed by atoms with Gasteiger partial charge in [0, 0.05) is 16.3 Å². The van der Waals surface area contributed by atoms with Crippen molar-refractivity contribution in [3.63, 3.8) is 0 Å². The van der Waals surface area contributed by atoms with Crippen LogP contribution in [0.25, 0.3) is 55.1 Å². The van der Waals surface area contributed by atoms with Gasteiger partial charge in [-0.25, -0.2) is 4.68 Å². The van der Waals surface area contributed by atoms with Gasteiger partial charge in [-0.05, 0) is 28.6 Å².